The summed E-state index contributed by atoms with van der Waals surface area (Å²) in [7, 11) is 1.75. The number of benzene rings is 2. The number of nitrogens with one attached hydrogen (secondary N) is 3. The minimum atomic E-state index is -0.522. The quantitative estimate of drug-likeness (QED) is 0.394. The number of carbonyl (C=O) groups is 1. The summed E-state index contributed by atoms with van der Waals surface area (Å²) in [6, 6.07) is 18.0. The summed E-state index contributed by atoms with van der Waals surface area (Å²) in [5.74, 6) is 0.725. The number of aliphatic imine (C=N–C) groups is 1. The summed E-state index contributed by atoms with van der Waals surface area (Å²) in [6.45, 7) is 6.82. The number of rotatable bonds is 6. The monoisotopic (exact) mass is 433 g/mol. The zero-order chi connectivity index (χ0) is 23.0. The Morgan fingerprint density at radius 2 is 1.78 bits per heavy atom. The van der Waals surface area contributed by atoms with Crippen LogP contribution >= 0.6 is 0 Å². The first-order valence-corrected chi connectivity index (χ1v) is 10.7. The Labute approximate surface area is 189 Å². The average Bonchev–Trinajstić information content (AvgIpc) is 2.76. The van der Waals surface area contributed by atoms with Crippen LogP contribution in [-0.4, -0.2) is 36.2 Å². The van der Waals surface area contributed by atoms with E-state index in [4.69, 9.17) is 4.74 Å². The zero-order valence-electron chi connectivity index (χ0n) is 19.1. The molecule has 7 heteroatoms. The predicted molar refractivity (Wildman–Crippen MR) is 130 cm³/mol. The van der Waals surface area contributed by atoms with Crippen LogP contribution in [0.5, 0.6) is 0 Å². The van der Waals surface area contributed by atoms with E-state index >= 15 is 0 Å². The molecular weight excluding hydrogens is 402 g/mol. The van der Waals surface area contributed by atoms with Gasteiger partial charge in [0, 0.05) is 30.9 Å². The van der Waals surface area contributed by atoms with Crippen molar-refractivity contribution in [3.05, 3.63) is 72.1 Å². The Balaban J connectivity index is 1.46. The van der Waals surface area contributed by atoms with Crippen molar-refractivity contribution >= 4 is 28.5 Å². The highest BCUT2D eigenvalue weighted by Crippen LogP contribution is 2.16. The molecule has 0 atom stereocenters. The molecule has 3 N–H and O–H groups in total. The van der Waals surface area contributed by atoms with E-state index in [1.807, 2.05) is 69.4 Å². The predicted octanol–water partition coefficient (Wildman–Crippen LogP) is 4.49. The van der Waals surface area contributed by atoms with Crippen molar-refractivity contribution in [1.29, 1.82) is 0 Å². The summed E-state index contributed by atoms with van der Waals surface area (Å²) >= 11 is 0. The summed E-state index contributed by atoms with van der Waals surface area (Å²) in [5, 5.41) is 11.7. The Hall–Kier alpha value is -3.61. The molecule has 0 unspecified atom stereocenters. The van der Waals surface area contributed by atoms with Gasteiger partial charge < -0.3 is 15.4 Å². The van der Waals surface area contributed by atoms with E-state index in [9.17, 15) is 4.79 Å². The zero-order valence-corrected chi connectivity index (χ0v) is 19.1. The van der Waals surface area contributed by atoms with Crippen molar-refractivity contribution in [3.8, 4) is 0 Å². The first kappa shape index (κ1) is 23.1. The van der Waals surface area contributed by atoms with Gasteiger partial charge >= 0.3 is 6.09 Å². The Morgan fingerprint density at radius 1 is 1.03 bits per heavy atom. The first-order valence-electron chi connectivity index (χ1n) is 10.7. The molecule has 0 spiro atoms. The minimum Gasteiger partial charge on any atom is -0.444 e. The van der Waals surface area contributed by atoms with Crippen molar-refractivity contribution in [2.45, 2.75) is 39.3 Å². The van der Waals surface area contributed by atoms with E-state index in [-0.39, 0.29) is 0 Å². The van der Waals surface area contributed by atoms with Crippen molar-refractivity contribution in [3.63, 3.8) is 0 Å². The summed E-state index contributed by atoms with van der Waals surface area (Å²) in [4.78, 5) is 20.7. The molecule has 7 nitrogen and oxygen atoms in total. The number of hydrogen-bond acceptors (Lipinski definition) is 4. The minimum absolute atomic E-state index is 0.456. The highest BCUT2D eigenvalue weighted by molar-refractivity contribution is 5.86. The van der Waals surface area contributed by atoms with Crippen LogP contribution in [0.2, 0.25) is 0 Å². The van der Waals surface area contributed by atoms with Crippen LogP contribution in [0.15, 0.2) is 65.8 Å². The lowest BCUT2D eigenvalue weighted by Crippen LogP contribution is -2.38. The van der Waals surface area contributed by atoms with Gasteiger partial charge in [0.15, 0.2) is 5.96 Å². The number of hydrogen-bond donors (Lipinski definition) is 3. The number of amides is 1. The number of carbonyl (C=O) groups excluding carboxylic acids is 1. The smallest absolute Gasteiger partial charge is 0.412 e. The SMILES string of the molecule is CN=C(NCCc1ccc(NC(=O)OC(C)(C)C)cc1)NCc1nccc2ccccc12. The van der Waals surface area contributed by atoms with E-state index in [0.29, 0.717) is 12.2 Å². The first-order chi connectivity index (χ1) is 15.3. The fraction of sp³-hybridized carbons (Fsp3) is 0.320. The fourth-order valence-corrected chi connectivity index (χ4v) is 3.21. The van der Waals surface area contributed by atoms with E-state index in [0.717, 1.165) is 35.6 Å². The summed E-state index contributed by atoms with van der Waals surface area (Å²) in [6.07, 6.45) is 2.19. The van der Waals surface area contributed by atoms with Gasteiger partial charge in [-0.15, -0.1) is 0 Å². The molecule has 0 fully saturated rings. The van der Waals surface area contributed by atoms with Crippen LogP contribution in [-0.2, 0) is 17.7 Å². The van der Waals surface area contributed by atoms with E-state index in [1.54, 1.807) is 7.05 Å². The van der Waals surface area contributed by atoms with E-state index in [1.165, 1.54) is 5.39 Å². The van der Waals surface area contributed by atoms with Crippen LogP contribution in [0.3, 0.4) is 0 Å². The van der Waals surface area contributed by atoms with Gasteiger partial charge in [-0.25, -0.2) is 4.79 Å². The highest BCUT2D eigenvalue weighted by atomic mass is 16.6. The average molecular weight is 434 g/mol. The van der Waals surface area contributed by atoms with Crippen LogP contribution in [0.4, 0.5) is 10.5 Å². The van der Waals surface area contributed by atoms with Gasteiger partial charge in [-0.3, -0.25) is 15.3 Å². The van der Waals surface area contributed by atoms with Gasteiger partial charge in [-0.2, -0.15) is 0 Å². The third-order valence-corrected chi connectivity index (χ3v) is 4.71. The van der Waals surface area contributed by atoms with Crippen molar-refractivity contribution < 1.29 is 9.53 Å². The Bertz CT molecular complexity index is 1070. The van der Waals surface area contributed by atoms with Crippen molar-refractivity contribution in [2.75, 3.05) is 18.9 Å². The molecule has 1 amide bonds. The molecule has 0 bridgehead atoms. The summed E-state index contributed by atoms with van der Waals surface area (Å²) in [5.41, 5.74) is 2.32. The van der Waals surface area contributed by atoms with Gasteiger partial charge in [0.2, 0.25) is 0 Å². The maximum absolute atomic E-state index is 11.9. The second-order valence-corrected chi connectivity index (χ2v) is 8.41. The number of fused-ring (bicyclic) bond motifs is 1. The van der Waals surface area contributed by atoms with Gasteiger partial charge in [0.25, 0.3) is 0 Å². The van der Waals surface area contributed by atoms with Crippen molar-refractivity contribution in [2.24, 2.45) is 4.99 Å². The van der Waals surface area contributed by atoms with E-state index in [2.05, 4.69) is 38.1 Å². The molecule has 0 aliphatic rings. The molecule has 0 aliphatic heterocycles. The largest absolute Gasteiger partial charge is 0.444 e. The molecule has 0 aliphatic carbocycles. The molecule has 1 heterocycles. The van der Waals surface area contributed by atoms with Crippen LogP contribution < -0.4 is 16.0 Å². The number of nitrogens with zero attached hydrogens (tertiary/aromatic N) is 2. The topological polar surface area (TPSA) is 87.6 Å². The molecule has 0 saturated heterocycles. The molecule has 2 aromatic carbocycles. The lowest BCUT2D eigenvalue weighted by atomic mass is 10.1. The number of aromatic nitrogens is 1. The molecule has 32 heavy (non-hydrogen) atoms. The molecule has 3 aromatic rings. The third kappa shape index (κ3) is 6.97. The number of ether oxygens (including phenoxy) is 1. The Kier molecular flexibility index (Phi) is 7.65. The molecule has 0 radical (unpaired) electrons. The van der Waals surface area contributed by atoms with E-state index < -0.39 is 11.7 Å². The third-order valence-electron chi connectivity index (χ3n) is 4.71. The molecule has 168 valence electrons. The molecular formula is C25H31N5O2. The highest BCUT2D eigenvalue weighted by Gasteiger charge is 2.16. The van der Waals surface area contributed by atoms with Gasteiger partial charge in [-0.05, 0) is 56.3 Å². The molecule has 1 aromatic heterocycles. The standard InChI is InChI=1S/C25H31N5O2/c1-25(2,3)32-24(31)30-20-11-9-18(10-12-20)13-15-28-23(26-4)29-17-22-21-8-6-5-7-19(21)14-16-27-22/h5-12,14,16H,13,15,17H2,1-4H3,(H,30,31)(H2,26,28,29). The number of pyridine rings is 1. The normalized spacial score (nSPS) is 11.8. The lowest BCUT2D eigenvalue weighted by molar-refractivity contribution is 0.0636. The van der Waals surface area contributed by atoms with Crippen molar-refractivity contribution in [1.82, 2.24) is 15.6 Å². The van der Waals surface area contributed by atoms with Gasteiger partial charge in [0.05, 0.1) is 12.2 Å². The lowest BCUT2D eigenvalue weighted by Gasteiger charge is -2.19. The Morgan fingerprint density at radius 3 is 2.50 bits per heavy atom. The van der Waals surface area contributed by atoms with Crippen LogP contribution in [0.1, 0.15) is 32.0 Å². The van der Waals surface area contributed by atoms with Gasteiger partial charge in [-0.1, -0.05) is 36.4 Å². The second kappa shape index (κ2) is 10.6. The maximum Gasteiger partial charge on any atom is 0.412 e. The molecule has 3 rings (SSSR count). The van der Waals surface area contributed by atoms with Crippen LogP contribution in [0, 0.1) is 0 Å². The van der Waals surface area contributed by atoms with Crippen LogP contribution in [0.25, 0.3) is 10.8 Å². The second-order valence-electron chi connectivity index (χ2n) is 8.41. The number of guanidine groups is 1. The number of anilines is 1. The van der Waals surface area contributed by atoms with Gasteiger partial charge in [0.1, 0.15) is 5.60 Å². The molecule has 0 saturated carbocycles. The maximum atomic E-state index is 11.9. The summed E-state index contributed by atoms with van der Waals surface area (Å²) < 4.78 is 5.27. The fourth-order valence-electron chi connectivity index (χ4n) is 3.21.